The number of anilines is 1. The van der Waals surface area contributed by atoms with Crippen LogP contribution in [0.4, 0.5) is 24.5 Å². The fourth-order valence-electron chi connectivity index (χ4n) is 3.37. The molecule has 2 N–H and O–H groups in total. The van der Waals surface area contributed by atoms with Crippen molar-refractivity contribution in [3.05, 3.63) is 100 Å². The Bertz CT molecular complexity index is 1400. The highest BCUT2D eigenvalue weighted by atomic mass is 19.4. The van der Waals surface area contributed by atoms with Gasteiger partial charge in [0.15, 0.2) is 0 Å². The van der Waals surface area contributed by atoms with Crippen LogP contribution in [-0.2, 0) is 6.18 Å². The first-order valence-corrected chi connectivity index (χ1v) is 10.4. The van der Waals surface area contributed by atoms with Crippen molar-refractivity contribution in [3.63, 3.8) is 0 Å². The number of para-hydroxylation sites is 1. The second-order valence-electron chi connectivity index (χ2n) is 7.47. The number of carbonyl (C=O) groups is 1. The number of halogens is 3. The van der Waals surface area contributed by atoms with Gasteiger partial charge in [-0.1, -0.05) is 18.2 Å². The van der Waals surface area contributed by atoms with E-state index < -0.39 is 28.3 Å². The minimum absolute atomic E-state index is 0.117. The summed E-state index contributed by atoms with van der Waals surface area (Å²) in [5.74, 6) is -0.110. The van der Waals surface area contributed by atoms with Crippen molar-refractivity contribution in [2.75, 3.05) is 12.5 Å². The highest BCUT2D eigenvalue weighted by Gasteiger charge is 2.33. The summed E-state index contributed by atoms with van der Waals surface area (Å²) in [5, 5.41) is 15.8. The highest BCUT2D eigenvalue weighted by Crippen LogP contribution is 2.35. The molecule has 12 heteroatoms. The standard InChI is InChI=1S/C24H18F3N5O4/c1-36-18-10-7-15(8-11-18)22-19(14-31(30-22)17-5-3-2-4-6-17)23(33)29-28-20-12-9-16(24(25,26)27)13-21(20)32(34)35/h2-14,28H,1H3,(H,29,33). The third kappa shape index (κ3) is 5.12. The lowest BCUT2D eigenvalue weighted by molar-refractivity contribution is -0.384. The number of ether oxygens (including phenoxy) is 1. The third-order valence-corrected chi connectivity index (χ3v) is 5.18. The van der Waals surface area contributed by atoms with Crippen molar-refractivity contribution in [2.45, 2.75) is 6.18 Å². The van der Waals surface area contributed by atoms with Crippen molar-refractivity contribution in [1.29, 1.82) is 0 Å². The van der Waals surface area contributed by atoms with Gasteiger partial charge in [0.25, 0.3) is 11.6 Å². The highest BCUT2D eigenvalue weighted by molar-refractivity contribution is 6.00. The van der Waals surface area contributed by atoms with Gasteiger partial charge in [-0.25, -0.2) is 4.68 Å². The molecule has 3 aromatic carbocycles. The van der Waals surface area contributed by atoms with Crippen LogP contribution in [0.15, 0.2) is 79.0 Å². The van der Waals surface area contributed by atoms with E-state index in [1.165, 1.54) is 18.0 Å². The largest absolute Gasteiger partial charge is 0.497 e. The lowest BCUT2D eigenvalue weighted by atomic mass is 10.1. The van der Waals surface area contributed by atoms with Crippen molar-refractivity contribution in [3.8, 4) is 22.7 Å². The van der Waals surface area contributed by atoms with E-state index >= 15 is 0 Å². The Morgan fingerprint density at radius 3 is 2.36 bits per heavy atom. The molecule has 0 unspecified atom stereocenters. The Morgan fingerprint density at radius 1 is 1.06 bits per heavy atom. The molecule has 9 nitrogen and oxygen atoms in total. The summed E-state index contributed by atoms with van der Waals surface area (Å²) in [6.07, 6.45) is -3.28. The van der Waals surface area contributed by atoms with E-state index in [0.29, 0.717) is 34.8 Å². The van der Waals surface area contributed by atoms with Crippen LogP contribution in [0.25, 0.3) is 16.9 Å². The number of aromatic nitrogens is 2. The van der Waals surface area contributed by atoms with E-state index in [0.717, 1.165) is 6.07 Å². The number of amides is 1. The number of alkyl halides is 3. The molecule has 0 saturated heterocycles. The maximum absolute atomic E-state index is 13.1. The van der Waals surface area contributed by atoms with Gasteiger partial charge in [-0.3, -0.25) is 25.8 Å². The maximum Gasteiger partial charge on any atom is 0.416 e. The van der Waals surface area contributed by atoms with Crippen LogP contribution < -0.4 is 15.6 Å². The molecule has 0 radical (unpaired) electrons. The van der Waals surface area contributed by atoms with Crippen LogP contribution in [-0.4, -0.2) is 27.7 Å². The molecule has 0 aliphatic heterocycles. The summed E-state index contributed by atoms with van der Waals surface area (Å²) in [5.41, 5.74) is 4.02. The lowest BCUT2D eigenvalue weighted by Gasteiger charge is -2.11. The fourth-order valence-corrected chi connectivity index (χ4v) is 3.37. The number of nitrogens with one attached hydrogen (secondary N) is 2. The number of benzene rings is 3. The molecule has 0 aliphatic carbocycles. The number of nitro groups is 1. The van der Waals surface area contributed by atoms with E-state index in [9.17, 15) is 28.1 Å². The normalized spacial score (nSPS) is 11.1. The number of nitrogens with zero attached hydrogens (tertiary/aromatic N) is 3. The first-order chi connectivity index (χ1) is 17.2. The summed E-state index contributed by atoms with van der Waals surface area (Å²) in [6, 6.07) is 17.8. The fraction of sp³-hybridized carbons (Fsp3) is 0.0833. The van der Waals surface area contributed by atoms with Crippen LogP contribution in [0.2, 0.25) is 0 Å². The van der Waals surface area contributed by atoms with Gasteiger partial charge in [-0.15, -0.1) is 0 Å². The molecule has 184 valence electrons. The minimum atomic E-state index is -4.76. The van der Waals surface area contributed by atoms with Crippen LogP contribution in [0.3, 0.4) is 0 Å². The quantitative estimate of drug-likeness (QED) is 0.267. The van der Waals surface area contributed by atoms with Gasteiger partial charge >= 0.3 is 6.18 Å². The maximum atomic E-state index is 13.1. The van der Waals surface area contributed by atoms with Crippen molar-refractivity contribution in [1.82, 2.24) is 15.2 Å². The SMILES string of the molecule is COc1ccc(-c2nn(-c3ccccc3)cc2C(=O)NNc2ccc(C(F)(F)F)cc2[N+](=O)[O-])cc1. The number of nitro benzene ring substituents is 1. The van der Waals surface area contributed by atoms with Gasteiger partial charge in [0.2, 0.25) is 0 Å². The predicted octanol–water partition coefficient (Wildman–Crippen LogP) is 5.23. The van der Waals surface area contributed by atoms with Crippen LogP contribution in [0.1, 0.15) is 15.9 Å². The number of carbonyl (C=O) groups excluding carboxylic acids is 1. The van der Waals surface area contributed by atoms with Crippen LogP contribution in [0, 0.1) is 10.1 Å². The molecule has 1 aromatic heterocycles. The molecule has 0 fully saturated rings. The average molecular weight is 497 g/mol. The van der Waals surface area contributed by atoms with Crippen molar-refractivity contribution >= 4 is 17.3 Å². The monoisotopic (exact) mass is 497 g/mol. The van der Waals surface area contributed by atoms with Gasteiger partial charge in [-0.2, -0.15) is 18.3 Å². The van der Waals surface area contributed by atoms with E-state index in [1.54, 1.807) is 48.5 Å². The number of hydrogen-bond acceptors (Lipinski definition) is 6. The van der Waals surface area contributed by atoms with Gasteiger partial charge in [0.05, 0.1) is 28.8 Å². The number of hydrogen-bond donors (Lipinski definition) is 2. The lowest BCUT2D eigenvalue weighted by Crippen LogP contribution is -2.30. The Kier molecular flexibility index (Phi) is 6.59. The summed E-state index contributed by atoms with van der Waals surface area (Å²) >= 11 is 0. The summed E-state index contributed by atoms with van der Waals surface area (Å²) < 4.78 is 45.6. The van der Waals surface area contributed by atoms with Crippen LogP contribution in [0.5, 0.6) is 5.75 Å². The zero-order valence-electron chi connectivity index (χ0n) is 18.6. The molecule has 0 atom stereocenters. The van der Waals surface area contributed by atoms with Gasteiger partial charge in [-0.05, 0) is 48.5 Å². The van der Waals surface area contributed by atoms with Gasteiger partial charge < -0.3 is 4.74 Å². The average Bonchev–Trinajstić information content (AvgIpc) is 3.33. The Labute approximate surface area is 202 Å². The molecular weight excluding hydrogens is 479 g/mol. The molecule has 36 heavy (non-hydrogen) atoms. The Hall–Kier alpha value is -4.87. The van der Waals surface area contributed by atoms with E-state index in [2.05, 4.69) is 16.0 Å². The zero-order valence-corrected chi connectivity index (χ0v) is 18.6. The minimum Gasteiger partial charge on any atom is -0.497 e. The van der Waals surface area contributed by atoms with Gasteiger partial charge in [0.1, 0.15) is 17.1 Å². The number of methoxy groups -OCH3 is 1. The zero-order chi connectivity index (χ0) is 25.9. The molecule has 0 bridgehead atoms. The van der Waals surface area contributed by atoms with E-state index in [-0.39, 0.29) is 11.3 Å². The number of hydrazine groups is 1. The predicted molar refractivity (Wildman–Crippen MR) is 125 cm³/mol. The topological polar surface area (TPSA) is 111 Å². The molecule has 0 aliphatic rings. The van der Waals surface area contributed by atoms with E-state index in [1.807, 2.05) is 6.07 Å². The molecule has 4 aromatic rings. The summed E-state index contributed by atoms with van der Waals surface area (Å²) in [4.78, 5) is 23.4. The molecule has 1 heterocycles. The summed E-state index contributed by atoms with van der Waals surface area (Å²) in [7, 11) is 1.52. The van der Waals surface area contributed by atoms with E-state index in [4.69, 9.17) is 4.74 Å². The van der Waals surface area contributed by atoms with Crippen molar-refractivity contribution < 1.29 is 27.6 Å². The third-order valence-electron chi connectivity index (χ3n) is 5.18. The molecule has 0 spiro atoms. The second kappa shape index (κ2) is 9.78. The Morgan fingerprint density at radius 2 is 1.75 bits per heavy atom. The Balaban J connectivity index is 1.66. The van der Waals surface area contributed by atoms with Crippen LogP contribution >= 0.6 is 0 Å². The molecule has 1 amide bonds. The molecule has 4 rings (SSSR count). The molecular formula is C24H18F3N5O4. The summed E-state index contributed by atoms with van der Waals surface area (Å²) in [6.45, 7) is 0. The second-order valence-corrected chi connectivity index (χ2v) is 7.47. The first-order valence-electron chi connectivity index (χ1n) is 10.4. The number of rotatable bonds is 7. The smallest absolute Gasteiger partial charge is 0.416 e. The van der Waals surface area contributed by atoms with Gasteiger partial charge in [0, 0.05) is 17.8 Å². The van der Waals surface area contributed by atoms with Crippen molar-refractivity contribution in [2.24, 2.45) is 0 Å². The first kappa shape index (κ1) is 24.3. The molecule has 0 saturated carbocycles.